The third-order valence-electron chi connectivity index (χ3n) is 2.16. The van der Waals surface area contributed by atoms with E-state index in [0.717, 1.165) is 15.7 Å². The third kappa shape index (κ3) is 2.77. The van der Waals surface area contributed by atoms with Gasteiger partial charge >= 0.3 is 0 Å². The molecule has 1 aromatic carbocycles. The van der Waals surface area contributed by atoms with Gasteiger partial charge in [0, 0.05) is 11.1 Å². The van der Waals surface area contributed by atoms with Crippen molar-refractivity contribution in [1.29, 1.82) is 5.26 Å². The largest absolute Gasteiger partial charge is 0.497 e. The van der Waals surface area contributed by atoms with E-state index < -0.39 is 0 Å². The zero-order valence-corrected chi connectivity index (χ0v) is 10.1. The van der Waals surface area contributed by atoms with Crippen LogP contribution < -0.4 is 4.74 Å². The summed E-state index contributed by atoms with van der Waals surface area (Å²) in [4.78, 5) is 5.07. The van der Waals surface area contributed by atoms with E-state index in [1.54, 1.807) is 25.4 Å². The minimum atomic E-state index is 0.626. The van der Waals surface area contributed by atoms with Crippen LogP contribution in [-0.2, 0) is 0 Å². The number of hydrogen-bond acceptors (Lipinski definition) is 4. The molecule has 1 aromatic heterocycles. The summed E-state index contributed by atoms with van der Waals surface area (Å²) in [6.07, 6.45) is 1.73. The first kappa shape index (κ1) is 11.5. The molecule has 0 bridgehead atoms. The molecule has 2 rings (SSSR count). The summed E-state index contributed by atoms with van der Waals surface area (Å²) in [6.45, 7) is 0. The van der Waals surface area contributed by atoms with Gasteiger partial charge in [0.1, 0.15) is 16.8 Å². The molecule has 0 spiro atoms. The summed E-state index contributed by atoms with van der Waals surface area (Å²) >= 11 is 1.45. The summed E-state index contributed by atoms with van der Waals surface area (Å²) in [5.41, 5.74) is 0.626. The second-order valence-corrected chi connectivity index (χ2v) is 4.31. The van der Waals surface area contributed by atoms with Crippen LogP contribution in [0.25, 0.3) is 0 Å². The fraction of sp³-hybridized carbons (Fsp3) is 0.0769. The van der Waals surface area contributed by atoms with Crippen LogP contribution in [0.1, 0.15) is 5.56 Å². The Balaban J connectivity index is 2.34. The SMILES string of the molecule is COc1ccc(C#N)c(Sc2ccccn2)c1. The maximum Gasteiger partial charge on any atom is 0.120 e. The van der Waals surface area contributed by atoms with Gasteiger partial charge in [-0.05, 0) is 30.3 Å². The Morgan fingerprint density at radius 1 is 1.29 bits per heavy atom. The van der Waals surface area contributed by atoms with Crippen molar-refractivity contribution in [3.63, 3.8) is 0 Å². The van der Waals surface area contributed by atoms with Crippen LogP contribution in [0.5, 0.6) is 5.75 Å². The molecule has 0 N–H and O–H groups in total. The van der Waals surface area contributed by atoms with Crippen LogP contribution in [-0.4, -0.2) is 12.1 Å². The van der Waals surface area contributed by atoms with Crippen LogP contribution in [0.2, 0.25) is 0 Å². The number of rotatable bonds is 3. The normalized spacial score (nSPS) is 9.65. The van der Waals surface area contributed by atoms with Crippen molar-refractivity contribution < 1.29 is 4.74 Å². The van der Waals surface area contributed by atoms with Gasteiger partial charge in [-0.25, -0.2) is 4.98 Å². The van der Waals surface area contributed by atoms with E-state index in [1.165, 1.54) is 11.8 Å². The van der Waals surface area contributed by atoms with E-state index in [1.807, 2.05) is 24.3 Å². The van der Waals surface area contributed by atoms with Crippen molar-refractivity contribution >= 4 is 11.8 Å². The van der Waals surface area contributed by atoms with E-state index in [0.29, 0.717) is 5.56 Å². The summed E-state index contributed by atoms with van der Waals surface area (Å²) in [6, 6.07) is 13.2. The van der Waals surface area contributed by atoms with E-state index in [-0.39, 0.29) is 0 Å². The molecule has 0 aliphatic carbocycles. The van der Waals surface area contributed by atoms with Gasteiger partial charge in [0.25, 0.3) is 0 Å². The third-order valence-corrected chi connectivity index (χ3v) is 3.17. The standard InChI is InChI=1S/C13H10N2OS/c1-16-11-6-5-10(9-14)12(8-11)17-13-4-2-3-7-15-13/h2-8H,1H3. The Morgan fingerprint density at radius 3 is 2.82 bits per heavy atom. The second kappa shape index (κ2) is 5.37. The molecule has 0 aliphatic rings. The predicted octanol–water partition coefficient (Wildman–Crippen LogP) is 3.11. The highest BCUT2D eigenvalue weighted by Crippen LogP contribution is 2.31. The number of aromatic nitrogens is 1. The van der Waals surface area contributed by atoms with Gasteiger partial charge in [-0.3, -0.25) is 0 Å². The Labute approximate surface area is 104 Å². The van der Waals surface area contributed by atoms with E-state index >= 15 is 0 Å². The highest BCUT2D eigenvalue weighted by atomic mass is 32.2. The highest BCUT2D eigenvalue weighted by Gasteiger charge is 2.06. The van der Waals surface area contributed by atoms with Crippen LogP contribution in [0.3, 0.4) is 0 Å². The minimum absolute atomic E-state index is 0.626. The Kier molecular flexibility index (Phi) is 3.63. The van der Waals surface area contributed by atoms with Crippen LogP contribution in [0.15, 0.2) is 52.5 Å². The minimum Gasteiger partial charge on any atom is -0.497 e. The molecule has 0 atom stereocenters. The van der Waals surface area contributed by atoms with Gasteiger partial charge in [-0.2, -0.15) is 5.26 Å². The first-order chi connectivity index (χ1) is 8.33. The number of benzene rings is 1. The van der Waals surface area contributed by atoms with Crippen molar-refractivity contribution in [3.8, 4) is 11.8 Å². The molecule has 3 nitrogen and oxygen atoms in total. The van der Waals surface area contributed by atoms with Gasteiger partial charge in [0.05, 0.1) is 12.7 Å². The maximum atomic E-state index is 9.04. The van der Waals surface area contributed by atoms with E-state index in [9.17, 15) is 0 Å². The Bertz CT molecular complexity index is 549. The smallest absolute Gasteiger partial charge is 0.120 e. The molecular weight excluding hydrogens is 232 g/mol. The molecule has 0 saturated heterocycles. The fourth-order valence-corrected chi connectivity index (χ4v) is 2.21. The second-order valence-electron chi connectivity index (χ2n) is 3.24. The Hall–Kier alpha value is -1.99. The summed E-state index contributed by atoms with van der Waals surface area (Å²) in [5, 5.41) is 9.89. The first-order valence-electron chi connectivity index (χ1n) is 5.00. The summed E-state index contributed by atoms with van der Waals surface area (Å²) < 4.78 is 5.15. The molecule has 0 unspecified atom stereocenters. The molecule has 0 aliphatic heterocycles. The molecule has 17 heavy (non-hydrogen) atoms. The average Bonchev–Trinajstić information content (AvgIpc) is 2.40. The lowest BCUT2D eigenvalue weighted by atomic mass is 10.2. The van der Waals surface area contributed by atoms with Gasteiger partial charge in [0.15, 0.2) is 0 Å². The molecule has 4 heteroatoms. The van der Waals surface area contributed by atoms with Crippen LogP contribution in [0.4, 0.5) is 0 Å². The number of ether oxygens (including phenoxy) is 1. The monoisotopic (exact) mass is 242 g/mol. The maximum absolute atomic E-state index is 9.04. The molecule has 0 amide bonds. The lowest BCUT2D eigenvalue weighted by Gasteiger charge is -2.05. The topological polar surface area (TPSA) is 45.9 Å². The van der Waals surface area contributed by atoms with Crippen molar-refractivity contribution in [3.05, 3.63) is 48.2 Å². The Morgan fingerprint density at radius 2 is 2.18 bits per heavy atom. The molecule has 0 saturated carbocycles. The predicted molar refractivity (Wildman–Crippen MR) is 66.1 cm³/mol. The number of nitrogens with zero attached hydrogens (tertiary/aromatic N) is 2. The van der Waals surface area contributed by atoms with Crippen LogP contribution in [0, 0.1) is 11.3 Å². The van der Waals surface area contributed by atoms with Gasteiger partial charge in [-0.1, -0.05) is 17.8 Å². The van der Waals surface area contributed by atoms with Gasteiger partial charge < -0.3 is 4.74 Å². The van der Waals surface area contributed by atoms with Gasteiger partial charge in [-0.15, -0.1) is 0 Å². The zero-order chi connectivity index (χ0) is 12.1. The number of pyridine rings is 1. The molecule has 0 radical (unpaired) electrons. The molecule has 1 heterocycles. The molecular formula is C13H10N2OS. The summed E-state index contributed by atoms with van der Waals surface area (Å²) in [5.74, 6) is 0.738. The lowest BCUT2D eigenvalue weighted by molar-refractivity contribution is 0.413. The quantitative estimate of drug-likeness (QED) is 0.829. The zero-order valence-electron chi connectivity index (χ0n) is 9.25. The van der Waals surface area contributed by atoms with Crippen molar-refractivity contribution in [2.24, 2.45) is 0 Å². The van der Waals surface area contributed by atoms with Crippen LogP contribution >= 0.6 is 11.8 Å². The van der Waals surface area contributed by atoms with E-state index in [4.69, 9.17) is 10.00 Å². The first-order valence-corrected chi connectivity index (χ1v) is 5.82. The number of hydrogen-bond donors (Lipinski definition) is 0. The molecule has 2 aromatic rings. The number of methoxy groups -OCH3 is 1. The van der Waals surface area contributed by atoms with Crippen molar-refractivity contribution in [1.82, 2.24) is 4.98 Å². The summed E-state index contributed by atoms with van der Waals surface area (Å²) in [7, 11) is 1.61. The average molecular weight is 242 g/mol. The van der Waals surface area contributed by atoms with Crippen molar-refractivity contribution in [2.45, 2.75) is 9.92 Å². The van der Waals surface area contributed by atoms with E-state index in [2.05, 4.69) is 11.1 Å². The lowest BCUT2D eigenvalue weighted by Crippen LogP contribution is -1.87. The highest BCUT2D eigenvalue weighted by molar-refractivity contribution is 7.99. The molecule has 84 valence electrons. The van der Waals surface area contributed by atoms with Gasteiger partial charge in [0.2, 0.25) is 0 Å². The number of nitriles is 1. The fourth-order valence-electron chi connectivity index (χ4n) is 1.33. The van der Waals surface area contributed by atoms with Crippen molar-refractivity contribution in [2.75, 3.05) is 7.11 Å². The molecule has 0 fully saturated rings.